The first-order chi connectivity index (χ1) is 9.33. The SMILES string of the molecule is CCCCCCCCCc1ccc2c(c1Br)C=CC2. The number of halogens is 1. The molecule has 1 aromatic rings. The van der Waals surface area contributed by atoms with Crippen molar-refractivity contribution in [3.63, 3.8) is 0 Å². The zero-order valence-electron chi connectivity index (χ0n) is 12.1. The summed E-state index contributed by atoms with van der Waals surface area (Å²) in [5.74, 6) is 0. The predicted octanol–water partition coefficient (Wildman–Crippen LogP) is 6.31. The molecule has 104 valence electrons. The molecule has 0 saturated carbocycles. The van der Waals surface area contributed by atoms with E-state index < -0.39 is 0 Å². The molecular weight excluding hydrogens is 296 g/mol. The topological polar surface area (TPSA) is 0 Å². The van der Waals surface area contributed by atoms with E-state index in [0.717, 1.165) is 6.42 Å². The molecule has 0 amide bonds. The van der Waals surface area contributed by atoms with Crippen LogP contribution in [0.25, 0.3) is 6.08 Å². The van der Waals surface area contributed by atoms with Crippen LogP contribution in [-0.2, 0) is 12.8 Å². The predicted molar refractivity (Wildman–Crippen MR) is 88.6 cm³/mol. The number of rotatable bonds is 8. The Bertz CT molecular complexity index is 432. The van der Waals surface area contributed by atoms with Crippen LogP contribution in [0.5, 0.6) is 0 Å². The summed E-state index contributed by atoms with van der Waals surface area (Å²) in [6, 6.07) is 4.61. The van der Waals surface area contributed by atoms with Gasteiger partial charge in [-0.05, 0) is 51.9 Å². The number of fused-ring (bicyclic) bond motifs is 1. The molecule has 0 fully saturated rings. The van der Waals surface area contributed by atoms with Crippen molar-refractivity contribution in [1.29, 1.82) is 0 Å². The van der Waals surface area contributed by atoms with Gasteiger partial charge < -0.3 is 0 Å². The number of allylic oxidation sites excluding steroid dienone is 1. The highest BCUT2D eigenvalue weighted by atomic mass is 79.9. The second-order valence-corrected chi connectivity index (χ2v) is 6.38. The molecule has 0 N–H and O–H groups in total. The Morgan fingerprint density at radius 1 is 1.00 bits per heavy atom. The van der Waals surface area contributed by atoms with Crippen LogP contribution in [0.4, 0.5) is 0 Å². The molecule has 19 heavy (non-hydrogen) atoms. The molecule has 0 bridgehead atoms. The first-order valence-electron chi connectivity index (χ1n) is 7.79. The summed E-state index contributed by atoms with van der Waals surface area (Å²) in [6.45, 7) is 2.28. The summed E-state index contributed by atoms with van der Waals surface area (Å²) in [5, 5.41) is 0. The Kier molecular flexibility index (Phi) is 6.16. The van der Waals surface area contributed by atoms with E-state index in [4.69, 9.17) is 0 Å². The fourth-order valence-corrected chi connectivity index (χ4v) is 3.52. The van der Waals surface area contributed by atoms with E-state index in [9.17, 15) is 0 Å². The number of benzene rings is 1. The number of hydrogen-bond acceptors (Lipinski definition) is 0. The number of aryl methyl sites for hydroxylation is 1. The zero-order chi connectivity index (χ0) is 13.5. The third-order valence-electron chi connectivity index (χ3n) is 4.02. The normalized spacial score (nSPS) is 12.9. The fraction of sp³-hybridized carbons (Fsp3) is 0.556. The average Bonchev–Trinajstić information content (AvgIpc) is 2.89. The Labute approximate surface area is 126 Å². The molecule has 0 radical (unpaired) electrons. The fourth-order valence-electron chi connectivity index (χ4n) is 2.81. The molecule has 2 rings (SSSR count). The second kappa shape index (κ2) is 7.89. The van der Waals surface area contributed by atoms with E-state index in [1.165, 1.54) is 72.5 Å². The third-order valence-corrected chi connectivity index (χ3v) is 4.96. The van der Waals surface area contributed by atoms with Crippen molar-refractivity contribution < 1.29 is 0 Å². The standard InChI is InChI=1S/C18H25Br/c1-2-3-4-5-6-7-8-10-16-14-13-15-11-9-12-17(15)18(16)19/h9,12-14H,2-8,10-11H2,1H3. The summed E-state index contributed by atoms with van der Waals surface area (Å²) in [6.07, 6.45) is 16.5. The lowest BCUT2D eigenvalue weighted by molar-refractivity contribution is 0.589. The minimum Gasteiger partial charge on any atom is -0.0795 e. The van der Waals surface area contributed by atoms with Crippen molar-refractivity contribution in [2.75, 3.05) is 0 Å². The van der Waals surface area contributed by atoms with Gasteiger partial charge in [-0.3, -0.25) is 0 Å². The minimum absolute atomic E-state index is 1.10. The van der Waals surface area contributed by atoms with Crippen LogP contribution in [0, 0.1) is 0 Å². The van der Waals surface area contributed by atoms with Crippen LogP contribution in [-0.4, -0.2) is 0 Å². The summed E-state index contributed by atoms with van der Waals surface area (Å²) >= 11 is 3.78. The molecule has 0 nitrogen and oxygen atoms in total. The summed E-state index contributed by atoms with van der Waals surface area (Å²) < 4.78 is 1.34. The van der Waals surface area contributed by atoms with Gasteiger partial charge in [0.15, 0.2) is 0 Å². The maximum atomic E-state index is 3.78. The molecule has 0 unspecified atom stereocenters. The minimum atomic E-state index is 1.10. The Balaban J connectivity index is 1.73. The van der Waals surface area contributed by atoms with Crippen molar-refractivity contribution in [1.82, 2.24) is 0 Å². The quantitative estimate of drug-likeness (QED) is 0.492. The van der Waals surface area contributed by atoms with Crippen molar-refractivity contribution >= 4 is 22.0 Å². The van der Waals surface area contributed by atoms with Crippen LogP contribution in [0.3, 0.4) is 0 Å². The maximum absolute atomic E-state index is 3.78. The molecule has 0 heterocycles. The van der Waals surface area contributed by atoms with Gasteiger partial charge in [-0.25, -0.2) is 0 Å². The molecule has 1 aliphatic carbocycles. The van der Waals surface area contributed by atoms with Crippen LogP contribution >= 0.6 is 15.9 Å². The van der Waals surface area contributed by atoms with Crippen LogP contribution in [0.2, 0.25) is 0 Å². The van der Waals surface area contributed by atoms with Crippen LogP contribution in [0.1, 0.15) is 68.6 Å². The lowest BCUT2D eigenvalue weighted by Gasteiger charge is -2.09. The molecule has 1 aromatic carbocycles. The first-order valence-corrected chi connectivity index (χ1v) is 8.59. The first kappa shape index (κ1) is 14.8. The van der Waals surface area contributed by atoms with E-state index in [1.807, 2.05) is 0 Å². The van der Waals surface area contributed by atoms with E-state index in [2.05, 4.69) is 47.1 Å². The van der Waals surface area contributed by atoms with Gasteiger partial charge in [0.1, 0.15) is 0 Å². The lowest BCUT2D eigenvalue weighted by Crippen LogP contribution is -1.92. The number of unbranched alkanes of at least 4 members (excludes halogenated alkanes) is 6. The zero-order valence-corrected chi connectivity index (χ0v) is 13.6. The van der Waals surface area contributed by atoms with Crippen molar-refractivity contribution in [3.8, 4) is 0 Å². The van der Waals surface area contributed by atoms with Gasteiger partial charge in [-0.15, -0.1) is 0 Å². The van der Waals surface area contributed by atoms with Gasteiger partial charge in [0.05, 0.1) is 0 Å². The van der Waals surface area contributed by atoms with Crippen molar-refractivity contribution in [3.05, 3.63) is 39.4 Å². The van der Waals surface area contributed by atoms with E-state index >= 15 is 0 Å². The highest BCUT2D eigenvalue weighted by molar-refractivity contribution is 9.10. The van der Waals surface area contributed by atoms with E-state index in [1.54, 1.807) is 0 Å². The Morgan fingerprint density at radius 3 is 2.53 bits per heavy atom. The maximum Gasteiger partial charge on any atom is 0.0282 e. The van der Waals surface area contributed by atoms with Gasteiger partial charge in [0.25, 0.3) is 0 Å². The molecule has 0 atom stereocenters. The second-order valence-electron chi connectivity index (χ2n) is 5.59. The van der Waals surface area contributed by atoms with Gasteiger partial charge in [0.2, 0.25) is 0 Å². The number of hydrogen-bond donors (Lipinski definition) is 0. The van der Waals surface area contributed by atoms with Gasteiger partial charge in [0, 0.05) is 4.47 Å². The molecule has 1 heteroatoms. The largest absolute Gasteiger partial charge is 0.0795 e. The highest BCUT2D eigenvalue weighted by Gasteiger charge is 2.11. The summed E-state index contributed by atoms with van der Waals surface area (Å²) in [5.41, 5.74) is 4.37. The van der Waals surface area contributed by atoms with Gasteiger partial charge in [-0.1, -0.05) is 69.7 Å². The molecule has 0 spiro atoms. The lowest BCUT2D eigenvalue weighted by atomic mass is 10.0. The Hall–Kier alpha value is -0.560. The molecule has 0 aliphatic heterocycles. The van der Waals surface area contributed by atoms with Crippen molar-refractivity contribution in [2.24, 2.45) is 0 Å². The Morgan fingerprint density at radius 2 is 1.74 bits per heavy atom. The summed E-state index contributed by atoms with van der Waals surface area (Å²) in [4.78, 5) is 0. The smallest absolute Gasteiger partial charge is 0.0282 e. The monoisotopic (exact) mass is 320 g/mol. The molecular formula is C18H25Br. The summed E-state index contributed by atoms with van der Waals surface area (Å²) in [7, 11) is 0. The molecule has 0 aromatic heterocycles. The van der Waals surface area contributed by atoms with E-state index in [-0.39, 0.29) is 0 Å². The third kappa shape index (κ3) is 4.21. The highest BCUT2D eigenvalue weighted by Crippen LogP contribution is 2.31. The van der Waals surface area contributed by atoms with Crippen LogP contribution in [0.15, 0.2) is 22.7 Å². The van der Waals surface area contributed by atoms with E-state index in [0.29, 0.717) is 0 Å². The molecule has 0 saturated heterocycles. The van der Waals surface area contributed by atoms with Crippen LogP contribution < -0.4 is 0 Å². The average molecular weight is 321 g/mol. The van der Waals surface area contributed by atoms with Gasteiger partial charge >= 0.3 is 0 Å². The van der Waals surface area contributed by atoms with Crippen molar-refractivity contribution in [2.45, 2.75) is 64.7 Å². The molecule has 1 aliphatic rings. The van der Waals surface area contributed by atoms with Gasteiger partial charge in [-0.2, -0.15) is 0 Å².